The molecule has 0 aliphatic heterocycles. The number of carbonyl (C=O) groups excluding carboxylic acids is 1. The number of rotatable bonds is 2. The van der Waals surface area contributed by atoms with E-state index in [9.17, 15) is 25.2 Å². The quantitative estimate of drug-likeness (QED) is 0.592. The first-order valence-electron chi connectivity index (χ1n) is 12.3. The van der Waals surface area contributed by atoms with Crippen molar-refractivity contribution in [2.24, 2.45) is 34.5 Å². The first kappa shape index (κ1) is 13.6. The Morgan fingerprint density at radius 2 is 2.04 bits per heavy atom. The molecule has 4 aliphatic carbocycles. The molecule has 0 aromatic heterocycles. The lowest BCUT2D eigenvalue weighted by atomic mass is 9.44. The Kier molecular flexibility index (Phi) is 3.15. The van der Waals surface area contributed by atoms with Crippen LogP contribution < -0.4 is 0 Å². The van der Waals surface area contributed by atoms with Crippen LogP contribution in [0.15, 0.2) is 0 Å². The Morgan fingerprint density at radius 3 is 2.73 bits per heavy atom. The molecule has 26 heavy (non-hydrogen) atoms. The molecular weight excluding hydrogens is 332 g/mol. The van der Waals surface area contributed by atoms with Gasteiger partial charge in [0.05, 0.1) is 19.7 Å². The van der Waals surface area contributed by atoms with Crippen LogP contribution in [0.1, 0.15) is 72.0 Å². The summed E-state index contributed by atoms with van der Waals surface area (Å²) in [5, 5.41) is 41.9. The Balaban J connectivity index is 1.75. The van der Waals surface area contributed by atoms with E-state index in [1.165, 1.54) is 0 Å². The molecule has 0 heterocycles. The molecule has 4 aliphatic rings. The van der Waals surface area contributed by atoms with E-state index in [0.717, 1.165) is 0 Å². The second-order valence-corrected chi connectivity index (χ2v) is 9.45. The summed E-state index contributed by atoms with van der Waals surface area (Å²) in [5.74, 6) is -1.82. The maximum Gasteiger partial charge on any atom is 0.137 e. The van der Waals surface area contributed by atoms with Crippen molar-refractivity contribution in [1.82, 2.24) is 0 Å². The van der Waals surface area contributed by atoms with Crippen LogP contribution in [0.2, 0.25) is 0 Å². The monoisotopic (exact) mass is 371 g/mol. The summed E-state index contributed by atoms with van der Waals surface area (Å²) in [6.45, 7) is 1.63. The molecule has 0 spiro atoms. The normalized spacial score (nSPS) is 62.9. The van der Waals surface area contributed by atoms with Crippen LogP contribution >= 0.6 is 0 Å². The van der Waals surface area contributed by atoms with Gasteiger partial charge in [-0.15, -0.1) is 0 Å². The fourth-order valence-corrected chi connectivity index (χ4v) is 7.03. The van der Waals surface area contributed by atoms with Crippen LogP contribution in [0, 0.1) is 34.5 Å². The van der Waals surface area contributed by atoms with Gasteiger partial charge in [-0.2, -0.15) is 0 Å². The molecular formula is C21H34O5. The summed E-state index contributed by atoms with van der Waals surface area (Å²) >= 11 is 0. The summed E-state index contributed by atoms with van der Waals surface area (Å²) in [6, 6.07) is 0. The van der Waals surface area contributed by atoms with E-state index in [-0.39, 0.29) is 36.9 Å². The summed E-state index contributed by atoms with van der Waals surface area (Å²) in [5.41, 5.74) is -3.77. The van der Waals surface area contributed by atoms with Crippen molar-refractivity contribution in [2.75, 3.05) is 6.58 Å². The van der Waals surface area contributed by atoms with Crippen molar-refractivity contribution >= 4 is 5.78 Å². The average molecular weight is 372 g/mol. The molecule has 0 radical (unpaired) electrons. The van der Waals surface area contributed by atoms with E-state index in [4.69, 9.17) is 6.85 Å². The van der Waals surface area contributed by atoms with Gasteiger partial charge in [0.25, 0.3) is 0 Å². The molecule has 0 amide bonds. The van der Waals surface area contributed by atoms with Gasteiger partial charge >= 0.3 is 0 Å². The van der Waals surface area contributed by atoms with Crippen LogP contribution in [0.5, 0.6) is 0 Å². The van der Waals surface area contributed by atoms with E-state index in [1.54, 1.807) is 13.8 Å². The topological polar surface area (TPSA) is 98.0 Å². The number of ketones is 1. The third-order valence-electron chi connectivity index (χ3n) is 8.44. The summed E-state index contributed by atoms with van der Waals surface area (Å²) in [6.07, 6.45) is -6.39. The zero-order valence-electron chi connectivity index (χ0n) is 20.5. The van der Waals surface area contributed by atoms with Crippen molar-refractivity contribution in [3.05, 3.63) is 0 Å². The molecule has 2 unspecified atom stereocenters. The van der Waals surface area contributed by atoms with Crippen LogP contribution in [0.4, 0.5) is 0 Å². The molecule has 0 saturated heterocycles. The fraction of sp³-hybridized carbons (Fsp3) is 0.952. The van der Waals surface area contributed by atoms with Crippen molar-refractivity contribution < 1.29 is 32.1 Å². The zero-order valence-corrected chi connectivity index (χ0v) is 15.5. The maximum atomic E-state index is 13.6. The van der Waals surface area contributed by atoms with Crippen molar-refractivity contribution in [1.29, 1.82) is 0 Å². The Morgan fingerprint density at radius 1 is 1.31 bits per heavy atom. The predicted molar refractivity (Wildman–Crippen MR) is 96.2 cm³/mol. The molecule has 4 saturated carbocycles. The second-order valence-electron chi connectivity index (χ2n) is 9.45. The van der Waals surface area contributed by atoms with Crippen LogP contribution in [-0.2, 0) is 4.79 Å². The number of carbonyl (C=O) groups is 1. The van der Waals surface area contributed by atoms with Gasteiger partial charge in [-0.1, -0.05) is 13.8 Å². The molecule has 5 nitrogen and oxygen atoms in total. The van der Waals surface area contributed by atoms with Gasteiger partial charge in [-0.05, 0) is 68.0 Å². The third kappa shape index (κ3) is 2.27. The molecule has 4 fully saturated rings. The molecule has 4 N–H and O–H groups in total. The minimum atomic E-state index is -2.17. The summed E-state index contributed by atoms with van der Waals surface area (Å²) in [7, 11) is 0. The number of hydrogen-bond acceptors (Lipinski definition) is 5. The van der Waals surface area contributed by atoms with Gasteiger partial charge < -0.3 is 20.4 Å². The lowest BCUT2D eigenvalue weighted by Gasteiger charge is -2.60. The van der Waals surface area contributed by atoms with Gasteiger partial charge in [0.2, 0.25) is 0 Å². The fourth-order valence-electron chi connectivity index (χ4n) is 7.03. The van der Waals surface area contributed by atoms with Gasteiger partial charge in [-0.25, -0.2) is 0 Å². The van der Waals surface area contributed by atoms with E-state index in [1.807, 2.05) is 0 Å². The summed E-state index contributed by atoms with van der Waals surface area (Å²) < 4.78 is 41.1. The highest BCUT2D eigenvalue weighted by atomic mass is 16.4. The van der Waals surface area contributed by atoms with Crippen LogP contribution in [0.3, 0.4) is 0 Å². The molecule has 4 rings (SSSR count). The number of fused-ring (bicyclic) bond motifs is 5. The number of aliphatic hydroxyl groups is 4. The third-order valence-corrected chi connectivity index (χ3v) is 8.44. The van der Waals surface area contributed by atoms with Crippen LogP contribution in [-0.4, -0.2) is 50.6 Å². The molecule has 10 atom stereocenters. The van der Waals surface area contributed by atoms with Gasteiger partial charge in [0.1, 0.15) is 11.9 Å². The lowest BCUT2D eigenvalue weighted by molar-refractivity contribution is -0.196. The van der Waals surface area contributed by atoms with E-state index in [2.05, 4.69) is 0 Å². The highest BCUT2D eigenvalue weighted by molar-refractivity contribution is 5.84. The first-order valence-corrected chi connectivity index (χ1v) is 9.75. The summed E-state index contributed by atoms with van der Waals surface area (Å²) in [4.78, 5) is 13.6. The minimum absolute atomic E-state index is 0.0734. The number of Topliss-reactive ketones (excluding diaryl/α,β-unsaturated/α-hetero) is 1. The van der Waals surface area contributed by atoms with Crippen molar-refractivity contribution in [3.63, 3.8) is 0 Å². The van der Waals surface area contributed by atoms with Gasteiger partial charge in [-0.3, -0.25) is 4.79 Å². The van der Waals surface area contributed by atoms with E-state index >= 15 is 0 Å². The SMILES string of the molecule is [2H]C(O)[C@H](O)[C@@]1(O)CC[C@H]2[C@@H]3CCC4C([2H])([2H])[C@H](O)C([2H])([2H])C[C@]4(C)[C@H]3C(=O)C[C@@]21C. The first-order chi connectivity index (χ1) is 14.0. The zero-order chi connectivity index (χ0) is 23.4. The van der Waals surface area contributed by atoms with E-state index in [0.29, 0.717) is 19.3 Å². The highest BCUT2D eigenvalue weighted by Gasteiger charge is 2.68. The largest absolute Gasteiger partial charge is 0.394 e. The minimum Gasteiger partial charge on any atom is -0.394 e. The number of hydrogen-bond donors (Lipinski definition) is 4. The Bertz CT molecular complexity index is 777. The molecule has 0 aromatic carbocycles. The number of aliphatic hydroxyl groups excluding tert-OH is 3. The Labute approximate surface area is 162 Å². The Hall–Kier alpha value is -0.490. The molecule has 0 bridgehead atoms. The standard InChI is InChI=1S/C21H34O5/c1-19-7-5-13(23)9-12(19)3-4-14-15-6-8-21(26,17(25)11-22)20(15,2)10-16(24)18(14)19/h12-15,17-18,22-23,25-26H,3-11H2,1-2H3/t12?,13-,14+,15+,17+,18-,19+,20+,21+/m1/s1/i5D2,9D2,11D/t11?,12?,13-,14+,15+,17+,18-,19+,20+,21+. The van der Waals surface area contributed by atoms with E-state index < -0.39 is 59.8 Å². The van der Waals surface area contributed by atoms with Gasteiger partial charge in [0.15, 0.2) is 0 Å². The van der Waals surface area contributed by atoms with Crippen molar-refractivity contribution in [3.8, 4) is 0 Å². The second kappa shape index (κ2) is 6.00. The molecule has 148 valence electrons. The smallest absolute Gasteiger partial charge is 0.137 e. The molecule has 0 aromatic rings. The average Bonchev–Trinajstić information content (AvgIpc) is 2.90. The maximum absolute atomic E-state index is 13.6. The molecule has 5 heteroatoms. The predicted octanol–water partition coefficient (Wildman–Crippen LogP) is 1.65. The lowest BCUT2D eigenvalue weighted by Crippen LogP contribution is -2.63. The van der Waals surface area contributed by atoms with Crippen molar-refractivity contribution in [2.45, 2.75) is 82.9 Å². The van der Waals surface area contributed by atoms with Gasteiger partial charge in [0, 0.05) is 23.2 Å². The highest BCUT2D eigenvalue weighted by Crippen LogP contribution is 2.67. The van der Waals surface area contributed by atoms with Crippen LogP contribution in [0.25, 0.3) is 0 Å².